The second-order valence-corrected chi connectivity index (χ2v) is 4.06. The van der Waals surface area contributed by atoms with Crippen molar-refractivity contribution in [3.05, 3.63) is 47.1 Å². The van der Waals surface area contributed by atoms with Crippen LogP contribution >= 0.6 is 11.8 Å². The van der Waals surface area contributed by atoms with E-state index < -0.39 is 0 Å². The van der Waals surface area contributed by atoms with Gasteiger partial charge in [0.15, 0.2) is 0 Å². The molecule has 4 heteroatoms. The van der Waals surface area contributed by atoms with Gasteiger partial charge in [-0.1, -0.05) is 30.3 Å². The molecule has 0 aromatic heterocycles. The number of hydrogen-bond acceptors (Lipinski definition) is 4. The topological polar surface area (TPSA) is 55.3 Å². The lowest BCUT2D eigenvalue weighted by Gasteiger charge is -2.18. The molecular weight excluding hydrogens is 206 g/mol. The lowest BCUT2D eigenvalue weighted by molar-refractivity contribution is 0.405. The van der Waals surface area contributed by atoms with Crippen molar-refractivity contribution in [3.8, 4) is 0 Å². The number of benzene rings is 1. The van der Waals surface area contributed by atoms with Crippen molar-refractivity contribution in [1.82, 2.24) is 5.01 Å². The van der Waals surface area contributed by atoms with Gasteiger partial charge < -0.3 is 10.7 Å². The summed E-state index contributed by atoms with van der Waals surface area (Å²) in [6.07, 6.45) is 1.55. The highest BCUT2D eigenvalue weighted by Crippen LogP contribution is 2.21. The number of rotatable bonds is 5. The summed E-state index contributed by atoms with van der Waals surface area (Å²) in [6.45, 7) is 2.75. The van der Waals surface area contributed by atoms with Gasteiger partial charge in [0.25, 0.3) is 0 Å². The Hall–Kier alpha value is -1.13. The first kappa shape index (κ1) is 11.9. The van der Waals surface area contributed by atoms with E-state index in [1.54, 1.807) is 23.0 Å². The molecule has 0 radical (unpaired) electrons. The largest absolute Gasteiger partial charge is 0.402 e. The Balaban J connectivity index is 2.49. The summed E-state index contributed by atoms with van der Waals surface area (Å²) in [5.41, 5.74) is 6.78. The Morgan fingerprint density at radius 2 is 2.07 bits per heavy atom. The van der Waals surface area contributed by atoms with Crippen LogP contribution in [0.5, 0.6) is 0 Å². The number of hydrazine groups is 1. The van der Waals surface area contributed by atoms with Crippen molar-refractivity contribution >= 4 is 11.8 Å². The van der Waals surface area contributed by atoms with E-state index in [1.165, 1.54) is 5.56 Å². The molecular formula is C11H17N3S. The van der Waals surface area contributed by atoms with E-state index in [4.69, 9.17) is 11.6 Å². The molecule has 3 nitrogen and oxygen atoms in total. The van der Waals surface area contributed by atoms with Gasteiger partial charge in [0.2, 0.25) is 0 Å². The summed E-state index contributed by atoms with van der Waals surface area (Å²) >= 11 is 1.64. The van der Waals surface area contributed by atoms with Crippen molar-refractivity contribution in [2.75, 3.05) is 6.54 Å². The van der Waals surface area contributed by atoms with Crippen LogP contribution in [0, 0.1) is 0 Å². The van der Waals surface area contributed by atoms with E-state index in [-0.39, 0.29) is 0 Å². The van der Waals surface area contributed by atoms with Crippen molar-refractivity contribution in [2.45, 2.75) is 12.7 Å². The monoisotopic (exact) mass is 223 g/mol. The molecule has 0 saturated carbocycles. The summed E-state index contributed by atoms with van der Waals surface area (Å²) < 4.78 is 0. The third kappa shape index (κ3) is 3.85. The maximum absolute atomic E-state index is 5.76. The van der Waals surface area contributed by atoms with Crippen LogP contribution in [0.25, 0.3) is 0 Å². The van der Waals surface area contributed by atoms with Crippen LogP contribution in [0.1, 0.15) is 12.5 Å². The Morgan fingerprint density at radius 1 is 1.40 bits per heavy atom. The van der Waals surface area contributed by atoms with E-state index in [0.717, 1.165) is 17.3 Å². The van der Waals surface area contributed by atoms with E-state index in [9.17, 15) is 0 Å². The van der Waals surface area contributed by atoms with E-state index in [0.29, 0.717) is 0 Å². The zero-order valence-electron chi connectivity index (χ0n) is 8.89. The van der Waals surface area contributed by atoms with Crippen LogP contribution in [0.2, 0.25) is 0 Å². The molecule has 0 spiro atoms. The average molecular weight is 223 g/mol. The minimum Gasteiger partial charge on any atom is -0.402 e. The lowest BCUT2D eigenvalue weighted by Crippen LogP contribution is -2.29. The number of thioether (sulfide) groups is 1. The Labute approximate surface area is 95.1 Å². The highest BCUT2D eigenvalue weighted by atomic mass is 32.2. The zero-order valence-corrected chi connectivity index (χ0v) is 9.70. The van der Waals surface area contributed by atoms with E-state index in [2.05, 4.69) is 12.1 Å². The highest BCUT2D eigenvalue weighted by Gasteiger charge is 2.03. The zero-order chi connectivity index (χ0) is 11.1. The molecule has 0 unspecified atom stereocenters. The fourth-order valence-electron chi connectivity index (χ4n) is 1.11. The van der Waals surface area contributed by atoms with Crippen LogP contribution in [0.4, 0.5) is 0 Å². The van der Waals surface area contributed by atoms with E-state index in [1.807, 2.05) is 25.1 Å². The maximum Gasteiger partial charge on any atom is 0.101 e. The Bertz CT molecular complexity index is 311. The molecule has 0 fully saturated rings. The van der Waals surface area contributed by atoms with Gasteiger partial charge in [0, 0.05) is 18.5 Å². The minimum absolute atomic E-state index is 0.755. The van der Waals surface area contributed by atoms with Gasteiger partial charge in [-0.2, -0.15) is 0 Å². The average Bonchev–Trinajstić information content (AvgIpc) is 2.31. The number of hydrogen-bond donors (Lipinski definition) is 2. The standard InChI is InChI=1S/C11H17N3S/c1-2-14(13)11(8-12)15-9-10-6-4-3-5-7-10/h3-8H,2,9,12-13H2,1H3/b11-8+. The first-order valence-corrected chi connectivity index (χ1v) is 5.87. The van der Waals surface area contributed by atoms with Gasteiger partial charge >= 0.3 is 0 Å². The molecule has 15 heavy (non-hydrogen) atoms. The van der Waals surface area contributed by atoms with Crippen LogP contribution in [-0.2, 0) is 5.75 Å². The van der Waals surface area contributed by atoms with Crippen molar-refractivity contribution in [1.29, 1.82) is 0 Å². The van der Waals surface area contributed by atoms with Gasteiger partial charge in [0.1, 0.15) is 5.03 Å². The van der Waals surface area contributed by atoms with Gasteiger partial charge in [-0.3, -0.25) is 0 Å². The van der Waals surface area contributed by atoms with Crippen LogP contribution in [0.3, 0.4) is 0 Å². The minimum atomic E-state index is 0.755. The molecule has 0 aliphatic rings. The van der Waals surface area contributed by atoms with Gasteiger partial charge in [0.05, 0.1) is 0 Å². The smallest absolute Gasteiger partial charge is 0.101 e. The summed E-state index contributed by atoms with van der Waals surface area (Å²) in [5.74, 6) is 6.64. The summed E-state index contributed by atoms with van der Waals surface area (Å²) in [6, 6.07) is 10.3. The maximum atomic E-state index is 5.76. The second-order valence-electron chi connectivity index (χ2n) is 3.07. The van der Waals surface area contributed by atoms with Gasteiger partial charge in [-0.25, -0.2) is 5.84 Å². The normalized spacial score (nSPS) is 11.5. The van der Waals surface area contributed by atoms with Gasteiger partial charge in [-0.15, -0.1) is 11.8 Å². The molecule has 1 aromatic rings. The van der Waals surface area contributed by atoms with Crippen molar-refractivity contribution in [2.24, 2.45) is 11.6 Å². The molecule has 0 saturated heterocycles. The van der Waals surface area contributed by atoms with Crippen molar-refractivity contribution in [3.63, 3.8) is 0 Å². The predicted octanol–water partition coefficient (Wildman–Crippen LogP) is 1.87. The highest BCUT2D eigenvalue weighted by molar-refractivity contribution is 8.02. The first-order valence-electron chi connectivity index (χ1n) is 4.88. The molecule has 4 N–H and O–H groups in total. The summed E-state index contributed by atoms with van der Waals surface area (Å²) in [5, 5.41) is 2.55. The molecule has 0 aliphatic carbocycles. The van der Waals surface area contributed by atoms with Crippen LogP contribution in [-0.4, -0.2) is 11.6 Å². The predicted molar refractivity (Wildman–Crippen MR) is 66.6 cm³/mol. The fourth-order valence-corrected chi connectivity index (χ4v) is 2.01. The molecule has 0 aliphatic heterocycles. The summed E-state index contributed by atoms with van der Waals surface area (Å²) in [4.78, 5) is 0. The Morgan fingerprint density at radius 3 is 2.60 bits per heavy atom. The number of nitrogens with two attached hydrogens (primary N) is 2. The van der Waals surface area contributed by atoms with Crippen LogP contribution < -0.4 is 11.6 Å². The fraction of sp³-hybridized carbons (Fsp3) is 0.273. The third-order valence-electron chi connectivity index (χ3n) is 2.00. The van der Waals surface area contributed by atoms with Gasteiger partial charge in [-0.05, 0) is 12.5 Å². The molecule has 0 atom stereocenters. The quantitative estimate of drug-likeness (QED) is 0.591. The lowest BCUT2D eigenvalue weighted by atomic mass is 10.2. The van der Waals surface area contributed by atoms with Crippen molar-refractivity contribution < 1.29 is 0 Å². The molecule has 0 heterocycles. The SMILES string of the molecule is CCN(N)/C(=C\N)SCc1ccccc1. The molecule has 0 bridgehead atoms. The third-order valence-corrected chi connectivity index (χ3v) is 3.14. The molecule has 1 aromatic carbocycles. The summed E-state index contributed by atoms with van der Waals surface area (Å²) in [7, 11) is 0. The molecule has 0 amide bonds. The van der Waals surface area contributed by atoms with Crippen LogP contribution in [0.15, 0.2) is 41.6 Å². The number of nitrogens with zero attached hydrogens (tertiary/aromatic N) is 1. The Kier molecular flexibility index (Phi) is 5.07. The second kappa shape index (κ2) is 6.37. The molecule has 1 rings (SSSR count). The molecule has 82 valence electrons. The first-order chi connectivity index (χ1) is 7.27. The van der Waals surface area contributed by atoms with E-state index >= 15 is 0 Å².